The molecule has 0 aliphatic carbocycles. The summed E-state index contributed by atoms with van der Waals surface area (Å²) in [5.74, 6) is 0. The fraction of sp³-hybridized carbons (Fsp3) is 0.571. The summed E-state index contributed by atoms with van der Waals surface area (Å²) in [6.45, 7) is 6.71. The molecule has 0 spiro atoms. The molecule has 0 heterocycles. The lowest BCUT2D eigenvalue weighted by Crippen LogP contribution is -2.38. The third kappa shape index (κ3) is 4.86. The first kappa shape index (κ1) is 14.2. The average molecular weight is 237 g/mol. The van der Waals surface area contributed by atoms with Gasteiger partial charge in [0.2, 0.25) is 0 Å². The molecular weight excluding hydrogens is 214 g/mol. The topological polar surface area (TPSA) is 32.7 Å². The molecule has 1 rings (SSSR count). The van der Waals surface area contributed by atoms with Crippen LogP contribution in [0.2, 0.25) is 0 Å². The van der Waals surface area contributed by atoms with Crippen LogP contribution in [0, 0.1) is 0 Å². The zero-order valence-corrected chi connectivity index (χ0v) is 11.0. The fourth-order valence-electron chi connectivity index (χ4n) is 1.86. The van der Waals surface area contributed by atoms with Crippen LogP contribution in [0.4, 0.5) is 0 Å². The number of ether oxygens (including phenoxy) is 1. The van der Waals surface area contributed by atoms with Crippen LogP contribution < -0.4 is 0 Å². The van der Waals surface area contributed by atoms with Gasteiger partial charge in [-0.25, -0.2) is 0 Å². The molecule has 0 radical (unpaired) electrons. The van der Waals surface area contributed by atoms with Crippen molar-refractivity contribution in [2.45, 2.75) is 19.4 Å². The molecule has 0 fully saturated rings. The van der Waals surface area contributed by atoms with Crippen molar-refractivity contribution < 1.29 is 9.84 Å². The number of hydrogen-bond acceptors (Lipinski definition) is 3. The van der Waals surface area contributed by atoms with Gasteiger partial charge in [-0.3, -0.25) is 0 Å². The van der Waals surface area contributed by atoms with Crippen LogP contribution >= 0.6 is 0 Å². The van der Waals surface area contributed by atoms with Gasteiger partial charge in [-0.15, -0.1) is 0 Å². The van der Waals surface area contributed by atoms with Crippen molar-refractivity contribution in [3.63, 3.8) is 0 Å². The predicted octanol–water partition coefficient (Wildman–Crippen LogP) is 1.86. The monoisotopic (exact) mass is 237 g/mol. The lowest BCUT2D eigenvalue weighted by Gasteiger charge is -2.29. The van der Waals surface area contributed by atoms with Gasteiger partial charge in [0.25, 0.3) is 0 Å². The van der Waals surface area contributed by atoms with Crippen molar-refractivity contribution in [1.29, 1.82) is 0 Å². The lowest BCUT2D eigenvalue weighted by atomic mass is 9.95. The van der Waals surface area contributed by atoms with E-state index < -0.39 is 5.60 Å². The van der Waals surface area contributed by atoms with Crippen molar-refractivity contribution in [2.24, 2.45) is 0 Å². The molecule has 0 saturated heterocycles. The van der Waals surface area contributed by atoms with E-state index in [1.54, 1.807) is 0 Å². The normalized spacial score (nSPS) is 14.9. The highest BCUT2D eigenvalue weighted by Gasteiger charge is 2.24. The second kappa shape index (κ2) is 6.74. The number of benzene rings is 1. The van der Waals surface area contributed by atoms with Crippen LogP contribution in [-0.4, -0.2) is 43.4 Å². The predicted molar refractivity (Wildman–Crippen MR) is 70.0 cm³/mol. The Kier molecular flexibility index (Phi) is 5.62. The summed E-state index contributed by atoms with van der Waals surface area (Å²) < 4.78 is 5.30. The number of likely N-dealkylation sites (N-methyl/N-ethyl adjacent to an activating group) is 1. The highest BCUT2D eigenvalue weighted by Crippen LogP contribution is 2.20. The Bertz CT molecular complexity index is 311. The highest BCUT2D eigenvalue weighted by atomic mass is 16.5. The van der Waals surface area contributed by atoms with Gasteiger partial charge in [0.15, 0.2) is 0 Å². The molecule has 0 aliphatic rings. The second-order valence-electron chi connectivity index (χ2n) is 4.57. The summed E-state index contributed by atoms with van der Waals surface area (Å²) in [4.78, 5) is 2.09. The van der Waals surface area contributed by atoms with Crippen molar-refractivity contribution in [3.8, 4) is 0 Å². The van der Waals surface area contributed by atoms with Gasteiger partial charge in [-0.05, 0) is 26.5 Å². The van der Waals surface area contributed by atoms with E-state index in [2.05, 4.69) is 4.90 Å². The summed E-state index contributed by atoms with van der Waals surface area (Å²) in [6, 6.07) is 9.76. The molecule has 1 N–H and O–H groups in total. The Balaban J connectivity index is 2.49. The third-order valence-electron chi connectivity index (χ3n) is 2.79. The van der Waals surface area contributed by atoms with E-state index in [0.717, 1.165) is 18.7 Å². The SMILES string of the molecule is CCOCCN(C)CC(C)(O)c1ccccc1. The van der Waals surface area contributed by atoms with E-state index in [9.17, 15) is 5.11 Å². The second-order valence-corrected chi connectivity index (χ2v) is 4.57. The van der Waals surface area contributed by atoms with Crippen molar-refractivity contribution in [3.05, 3.63) is 35.9 Å². The number of nitrogens with zero attached hydrogens (tertiary/aromatic N) is 1. The molecule has 1 aromatic carbocycles. The molecule has 0 bridgehead atoms. The van der Waals surface area contributed by atoms with Crippen LogP contribution in [0.3, 0.4) is 0 Å². The smallest absolute Gasteiger partial charge is 0.0994 e. The van der Waals surface area contributed by atoms with E-state index in [1.807, 2.05) is 51.2 Å². The first-order chi connectivity index (χ1) is 8.06. The van der Waals surface area contributed by atoms with Crippen LogP contribution in [0.25, 0.3) is 0 Å². The molecular formula is C14H23NO2. The summed E-state index contributed by atoms with van der Waals surface area (Å²) in [5, 5.41) is 10.4. The van der Waals surface area contributed by atoms with Crippen LogP contribution in [0.1, 0.15) is 19.4 Å². The lowest BCUT2D eigenvalue weighted by molar-refractivity contribution is 0.0151. The first-order valence-corrected chi connectivity index (χ1v) is 6.10. The fourth-order valence-corrected chi connectivity index (χ4v) is 1.86. The summed E-state index contributed by atoms with van der Waals surface area (Å²) in [5.41, 5.74) is 0.130. The first-order valence-electron chi connectivity index (χ1n) is 6.10. The summed E-state index contributed by atoms with van der Waals surface area (Å²) in [7, 11) is 2.00. The molecule has 0 aliphatic heterocycles. The Labute approximate surface area is 104 Å². The van der Waals surface area contributed by atoms with Crippen molar-refractivity contribution in [2.75, 3.05) is 33.4 Å². The van der Waals surface area contributed by atoms with Gasteiger partial charge < -0.3 is 14.7 Å². The van der Waals surface area contributed by atoms with Gasteiger partial charge in [-0.2, -0.15) is 0 Å². The summed E-state index contributed by atoms with van der Waals surface area (Å²) in [6.07, 6.45) is 0. The zero-order valence-electron chi connectivity index (χ0n) is 11.0. The maximum Gasteiger partial charge on any atom is 0.0994 e. The van der Waals surface area contributed by atoms with Gasteiger partial charge in [0.05, 0.1) is 12.2 Å². The van der Waals surface area contributed by atoms with Crippen LogP contribution in [-0.2, 0) is 10.3 Å². The standard InChI is InChI=1S/C14H23NO2/c1-4-17-11-10-15(3)12-14(2,16)13-8-6-5-7-9-13/h5-9,16H,4,10-12H2,1-3H3. The Morgan fingerprint density at radius 3 is 2.53 bits per heavy atom. The number of hydrogen-bond donors (Lipinski definition) is 1. The molecule has 1 aromatic rings. The van der Waals surface area contributed by atoms with E-state index in [-0.39, 0.29) is 0 Å². The molecule has 3 heteroatoms. The Morgan fingerprint density at radius 2 is 1.94 bits per heavy atom. The molecule has 1 atom stereocenters. The minimum Gasteiger partial charge on any atom is -0.384 e. The van der Waals surface area contributed by atoms with E-state index >= 15 is 0 Å². The highest BCUT2D eigenvalue weighted by molar-refractivity contribution is 5.21. The largest absolute Gasteiger partial charge is 0.384 e. The molecule has 0 aromatic heterocycles. The minimum atomic E-state index is -0.817. The molecule has 96 valence electrons. The third-order valence-corrected chi connectivity index (χ3v) is 2.79. The molecule has 17 heavy (non-hydrogen) atoms. The molecule has 1 unspecified atom stereocenters. The maximum atomic E-state index is 10.4. The van der Waals surface area contributed by atoms with Crippen LogP contribution in [0.15, 0.2) is 30.3 Å². The van der Waals surface area contributed by atoms with Crippen molar-refractivity contribution in [1.82, 2.24) is 4.90 Å². The van der Waals surface area contributed by atoms with Gasteiger partial charge in [0.1, 0.15) is 0 Å². The zero-order chi connectivity index (χ0) is 12.7. The molecule has 0 amide bonds. The number of rotatable bonds is 7. The molecule has 0 saturated carbocycles. The summed E-state index contributed by atoms with van der Waals surface area (Å²) >= 11 is 0. The van der Waals surface area contributed by atoms with Gasteiger partial charge >= 0.3 is 0 Å². The van der Waals surface area contributed by atoms with Crippen molar-refractivity contribution >= 4 is 0 Å². The van der Waals surface area contributed by atoms with Gasteiger partial charge in [0, 0.05) is 19.7 Å². The molecule has 3 nitrogen and oxygen atoms in total. The number of aliphatic hydroxyl groups is 1. The Hall–Kier alpha value is -0.900. The minimum absolute atomic E-state index is 0.601. The van der Waals surface area contributed by atoms with E-state index in [0.29, 0.717) is 13.2 Å². The average Bonchev–Trinajstić information content (AvgIpc) is 2.30. The quantitative estimate of drug-likeness (QED) is 0.735. The van der Waals surface area contributed by atoms with Gasteiger partial charge in [-0.1, -0.05) is 30.3 Å². The van der Waals surface area contributed by atoms with Crippen LogP contribution in [0.5, 0.6) is 0 Å². The Morgan fingerprint density at radius 1 is 1.29 bits per heavy atom. The maximum absolute atomic E-state index is 10.4. The van der Waals surface area contributed by atoms with E-state index in [4.69, 9.17) is 4.74 Å². The van der Waals surface area contributed by atoms with E-state index in [1.165, 1.54) is 0 Å².